The predicted octanol–water partition coefficient (Wildman–Crippen LogP) is 0.858. The van der Waals surface area contributed by atoms with Gasteiger partial charge in [0.2, 0.25) is 5.76 Å². The molecular weight excluding hydrogens is 146 g/mol. The van der Waals surface area contributed by atoms with Crippen molar-refractivity contribution in [3.05, 3.63) is 11.5 Å². The summed E-state index contributed by atoms with van der Waals surface area (Å²) in [6, 6.07) is -0.0519. The second-order valence-electron chi connectivity index (χ2n) is 2.56. The molecule has 11 heavy (non-hydrogen) atoms. The van der Waals surface area contributed by atoms with Crippen molar-refractivity contribution in [3.63, 3.8) is 0 Å². The van der Waals surface area contributed by atoms with Crippen LogP contribution in [0.1, 0.15) is 20.8 Å². The minimum Gasteiger partial charge on any atom is -0.509 e. The van der Waals surface area contributed by atoms with E-state index in [1.165, 1.54) is 6.92 Å². The number of carbonyl (C=O) groups excluding carboxylic acids is 1. The Kier molecular flexibility index (Phi) is 3.44. The number of allylic oxidation sites excluding steroid dienone is 1. The van der Waals surface area contributed by atoms with Crippen molar-refractivity contribution in [3.8, 4) is 0 Å². The van der Waals surface area contributed by atoms with E-state index in [1.807, 2.05) is 0 Å². The largest absolute Gasteiger partial charge is 0.509 e. The summed E-state index contributed by atoms with van der Waals surface area (Å²) in [5.74, 6) is -1.65. The molecule has 0 unspecified atom stereocenters. The van der Waals surface area contributed by atoms with E-state index in [-0.39, 0.29) is 11.8 Å². The van der Waals surface area contributed by atoms with Crippen LogP contribution in [-0.2, 0) is 4.79 Å². The summed E-state index contributed by atoms with van der Waals surface area (Å²) in [5, 5.41) is 20.0. The number of carbonyl (C=O) groups is 1. The van der Waals surface area contributed by atoms with Crippen LogP contribution in [0.15, 0.2) is 11.5 Å². The Labute approximate surface area is 65.5 Å². The average Bonchev–Trinajstić information content (AvgIpc) is 1.84. The van der Waals surface area contributed by atoms with Crippen molar-refractivity contribution in [1.29, 1.82) is 0 Å². The molecule has 0 aliphatic carbocycles. The summed E-state index contributed by atoms with van der Waals surface area (Å²) < 4.78 is 0. The zero-order chi connectivity index (χ0) is 9.02. The van der Waals surface area contributed by atoms with Gasteiger partial charge in [-0.2, -0.15) is 0 Å². The minimum absolute atomic E-state index is 0.0519. The fraction of sp³-hybridized carbons (Fsp3) is 0.571. The van der Waals surface area contributed by atoms with Crippen LogP contribution in [0.5, 0.6) is 0 Å². The van der Waals surface area contributed by atoms with Gasteiger partial charge in [-0.25, -0.2) is 0 Å². The topological polar surface area (TPSA) is 69.6 Å². The monoisotopic (exact) mass is 159 g/mol. The summed E-state index contributed by atoms with van der Waals surface area (Å²) in [7, 11) is 0. The van der Waals surface area contributed by atoms with E-state index in [0.29, 0.717) is 0 Å². The molecule has 0 fully saturated rings. The van der Waals surface area contributed by atoms with Gasteiger partial charge < -0.3 is 15.5 Å². The third kappa shape index (κ3) is 3.50. The first-order valence-electron chi connectivity index (χ1n) is 3.34. The van der Waals surface area contributed by atoms with E-state index >= 15 is 0 Å². The number of hydrogen-bond donors (Lipinski definition) is 3. The summed E-state index contributed by atoms with van der Waals surface area (Å²) in [5.41, 5.74) is 0. The number of aliphatic hydroxyl groups excluding tert-OH is 2. The van der Waals surface area contributed by atoms with E-state index in [0.717, 1.165) is 0 Å². The second-order valence-corrected chi connectivity index (χ2v) is 2.56. The standard InChI is InChI=1S/C7H13NO3/c1-4(2)8-7(11)6(10)5(3)9/h4,9-10H,1-3H3,(H,8,11)/b6-5+. The Hall–Kier alpha value is -1.19. The highest BCUT2D eigenvalue weighted by Gasteiger charge is 2.10. The lowest BCUT2D eigenvalue weighted by molar-refractivity contribution is -0.120. The Morgan fingerprint density at radius 1 is 1.36 bits per heavy atom. The first-order chi connectivity index (χ1) is 4.95. The molecule has 0 aromatic rings. The smallest absolute Gasteiger partial charge is 0.289 e. The highest BCUT2D eigenvalue weighted by molar-refractivity contribution is 5.91. The van der Waals surface area contributed by atoms with Crippen LogP contribution >= 0.6 is 0 Å². The molecule has 0 atom stereocenters. The summed E-state index contributed by atoms with van der Waals surface area (Å²) in [6.07, 6.45) is 0. The molecule has 1 amide bonds. The Balaban J connectivity index is 4.17. The SMILES string of the molecule is C/C(O)=C(\O)C(=O)NC(C)C. The second kappa shape index (κ2) is 3.85. The Bertz CT molecular complexity index is 180. The first-order valence-corrected chi connectivity index (χ1v) is 3.34. The number of hydrogen-bond acceptors (Lipinski definition) is 3. The molecule has 4 heteroatoms. The Morgan fingerprint density at radius 2 is 1.82 bits per heavy atom. The predicted molar refractivity (Wildman–Crippen MR) is 41.2 cm³/mol. The maximum atomic E-state index is 10.8. The zero-order valence-electron chi connectivity index (χ0n) is 6.88. The number of amides is 1. The van der Waals surface area contributed by atoms with Crippen molar-refractivity contribution in [1.82, 2.24) is 5.32 Å². The van der Waals surface area contributed by atoms with E-state index in [4.69, 9.17) is 10.2 Å². The van der Waals surface area contributed by atoms with Gasteiger partial charge >= 0.3 is 0 Å². The summed E-state index contributed by atoms with van der Waals surface area (Å²) in [4.78, 5) is 10.8. The van der Waals surface area contributed by atoms with Crippen molar-refractivity contribution in [2.75, 3.05) is 0 Å². The number of aliphatic hydroxyl groups is 2. The molecule has 3 N–H and O–H groups in total. The van der Waals surface area contributed by atoms with Gasteiger partial charge in [-0.15, -0.1) is 0 Å². The molecule has 0 radical (unpaired) electrons. The molecule has 0 aliphatic rings. The average molecular weight is 159 g/mol. The van der Waals surface area contributed by atoms with Gasteiger partial charge in [-0.3, -0.25) is 4.79 Å². The van der Waals surface area contributed by atoms with Gasteiger partial charge in [-0.1, -0.05) is 0 Å². The molecule has 64 valence electrons. The normalized spacial score (nSPS) is 12.7. The first kappa shape index (κ1) is 9.81. The quantitative estimate of drug-likeness (QED) is 0.413. The van der Waals surface area contributed by atoms with E-state index in [9.17, 15) is 4.79 Å². The molecule has 0 rings (SSSR count). The van der Waals surface area contributed by atoms with E-state index in [2.05, 4.69) is 5.32 Å². The Morgan fingerprint density at radius 3 is 2.09 bits per heavy atom. The molecule has 0 bridgehead atoms. The molecule has 0 spiro atoms. The van der Waals surface area contributed by atoms with E-state index < -0.39 is 11.7 Å². The van der Waals surface area contributed by atoms with Crippen molar-refractivity contribution >= 4 is 5.91 Å². The third-order valence-electron chi connectivity index (χ3n) is 0.978. The van der Waals surface area contributed by atoms with Gasteiger partial charge in [0.05, 0.1) is 0 Å². The zero-order valence-corrected chi connectivity index (χ0v) is 6.88. The van der Waals surface area contributed by atoms with Crippen LogP contribution in [-0.4, -0.2) is 22.2 Å². The fourth-order valence-electron chi connectivity index (χ4n) is 0.495. The van der Waals surface area contributed by atoms with Crippen molar-refractivity contribution < 1.29 is 15.0 Å². The molecular formula is C7H13NO3. The molecule has 0 saturated heterocycles. The van der Waals surface area contributed by atoms with Gasteiger partial charge in [0.1, 0.15) is 5.76 Å². The van der Waals surface area contributed by atoms with Gasteiger partial charge in [-0.05, 0) is 20.8 Å². The lowest BCUT2D eigenvalue weighted by Gasteiger charge is -2.07. The van der Waals surface area contributed by atoms with Crippen molar-refractivity contribution in [2.45, 2.75) is 26.8 Å². The van der Waals surface area contributed by atoms with Crippen LogP contribution in [0.25, 0.3) is 0 Å². The van der Waals surface area contributed by atoms with E-state index in [1.54, 1.807) is 13.8 Å². The van der Waals surface area contributed by atoms with Crippen LogP contribution in [0, 0.1) is 0 Å². The molecule has 0 aliphatic heterocycles. The highest BCUT2D eigenvalue weighted by Crippen LogP contribution is 1.95. The van der Waals surface area contributed by atoms with Crippen LogP contribution in [0.2, 0.25) is 0 Å². The van der Waals surface area contributed by atoms with Gasteiger partial charge in [0.25, 0.3) is 5.91 Å². The molecule has 0 heterocycles. The summed E-state index contributed by atoms with van der Waals surface area (Å²) in [6.45, 7) is 4.77. The number of rotatable bonds is 2. The maximum Gasteiger partial charge on any atom is 0.289 e. The molecule has 0 saturated carbocycles. The molecule has 4 nitrogen and oxygen atoms in total. The van der Waals surface area contributed by atoms with Crippen LogP contribution in [0.4, 0.5) is 0 Å². The van der Waals surface area contributed by atoms with Crippen LogP contribution < -0.4 is 5.32 Å². The van der Waals surface area contributed by atoms with Crippen LogP contribution in [0.3, 0.4) is 0 Å². The fourth-order valence-corrected chi connectivity index (χ4v) is 0.495. The summed E-state index contributed by atoms with van der Waals surface area (Å²) >= 11 is 0. The lowest BCUT2D eigenvalue weighted by Crippen LogP contribution is -2.31. The maximum absolute atomic E-state index is 10.8. The third-order valence-corrected chi connectivity index (χ3v) is 0.978. The van der Waals surface area contributed by atoms with Crippen molar-refractivity contribution in [2.24, 2.45) is 0 Å². The lowest BCUT2D eigenvalue weighted by atomic mass is 10.3. The number of nitrogens with one attached hydrogen (secondary N) is 1. The van der Waals surface area contributed by atoms with Gasteiger partial charge in [0.15, 0.2) is 0 Å². The minimum atomic E-state index is -0.653. The molecule has 0 aromatic heterocycles. The highest BCUT2D eigenvalue weighted by atomic mass is 16.3. The van der Waals surface area contributed by atoms with Gasteiger partial charge in [0, 0.05) is 6.04 Å². The molecule has 0 aromatic carbocycles.